The maximum atomic E-state index is 13.9. The number of rotatable bonds is 6. The van der Waals surface area contributed by atoms with Crippen LogP contribution < -0.4 is 10.1 Å². The molecular weight excluding hydrogens is 449 g/mol. The highest BCUT2D eigenvalue weighted by molar-refractivity contribution is 5.96. The first-order valence-corrected chi connectivity index (χ1v) is 11.1. The third-order valence-electron chi connectivity index (χ3n) is 5.86. The third kappa shape index (κ3) is 4.91. The predicted molar refractivity (Wildman–Crippen MR) is 125 cm³/mol. The van der Waals surface area contributed by atoms with E-state index in [0.717, 1.165) is 16.7 Å². The number of benzene rings is 2. The average Bonchev–Trinajstić information content (AvgIpc) is 3.43. The second kappa shape index (κ2) is 9.80. The first-order chi connectivity index (χ1) is 17.1. The molecule has 0 radical (unpaired) electrons. The van der Waals surface area contributed by atoms with E-state index in [2.05, 4.69) is 10.3 Å². The molecule has 0 spiro atoms. The Morgan fingerprint density at radius 1 is 1.06 bits per heavy atom. The minimum Gasteiger partial charge on any atom is -0.459 e. The van der Waals surface area contributed by atoms with Crippen molar-refractivity contribution in [2.75, 3.05) is 0 Å². The van der Waals surface area contributed by atoms with Crippen LogP contribution >= 0.6 is 0 Å². The lowest BCUT2D eigenvalue weighted by molar-refractivity contribution is -0.126. The molecule has 1 unspecified atom stereocenters. The molecule has 1 atom stereocenters. The van der Waals surface area contributed by atoms with Crippen molar-refractivity contribution in [2.24, 2.45) is 0 Å². The lowest BCUT2D eigenvalue weighted by atomic mass is 9.93. The van der Waals surface area contributed by atoms with Crippen molar-refractivity contribution in [3.05, 3.63) is 114 Å². The van der Waals surface area contributed by atoms with Gasteiger partial charge in [-0.15, -0.1) is 0 Å². The van der Waals surface area contributed by atoms with Gasteiger partial charge in [-0.2, -0.15) is 0 Å². The van der Waals surface area contributed by atoms with Crippen LogP contribution in [0, 0.1) is 5.82 Å². The van der Waals surface area contributed by atoms with Crippen molar-refractivity contribution < 1.29 is 23.1 Å². The van der Waals surface area contributed by atoms with E-state index in [1.54, 1.807) is 36.4 Å². The number of hydrogen-bond acceptors (Lipinski definition) is 5. The number of halogens is 1. The van der Waals surface area contributed by atoms with Crippen LogP contribution in [0.1, 0.15) is 27.2 Å². The van der Waals surface area contributed by atoms with Gasteiger partial charge in [-0.1, -0.05) is 36.4 Å². The Morgan fingerprint density at radius 2 is 1.86 bits per heavy atom. The Bertz CT molecular complexity index is 1360. The van der Waals surface area contributed by atoms with Gasteiger partial charge in [0, 0.05) is 31.8 Å². The summed E-state index contributed by atoms with van der Waals surface area (Å²) in [6.45, 7) is 0.500. The van der Waals surface area contributed by atoms with Crippen LogP contribution in [0.25, 0.3) is 0 Å². The largest absolute Gasteiger partial charge is 0.459 e. The number of ether oxygens (including phenoxy) is 1. The second-order valence-corrected chi connectivity index (χ2v) is 8.15. The van der Waals surface area contributed by atoms with Gasteiger partial charge in [0.1, 0.15) is 6.04 Å². The van der Waals surface area contributed by atoms with E-state index in [0.29, 0.717) is 13.0 Å². The maximum Gasteiger partial charge on any atom is 0.290 e. The minimum atomic E-state index is -0.696. The van der Waals surface area contributed by atoms with Gasteiger partial charge in [0.2, 0.25) is 11.8 Å². The number of nitrogens with one attached hydrogen (secondary N) is 1. The number of hydrogen-bond donors (Lipinski definition) is 1. The standard InChI is InChI=1S/C27H22FN3O4/c28-21-8-3-4-9-23(21)35-25-14-18(11-12-29-25)16-30-26(32)22-15-19-6-1-2-7-20(19)17-31(22)27(33)24-10-5-13-34-24/h1-14,22H,15-17H2,(H,30,32). The van der Waals surface area contributed by atoms with E-state index in [1.807, 2.05) is 24.3 Å². The molecule has 1 aliphatic heterocycles. The lowest BCUT2D eigenvalue weighted by Gasteiger charge is -2.35. The second-order valence-electron chi connectivity index (χ2n) is 8.15. The Kier molecular flexibility index (Phi) is 6.26. The average molecular weight is 471 g/mol. The van der Waals surface area contributed by atoms with Crippen LogP contribution in [0.15, 0.2) is 89.7 Å². The lowest BCUT2D eigenvalue weighted by Crippen LogP contribution is -2.52. The van der Waals surface area contributed by atoms with Gasteiger partial charge in [-0.05, 0) is 47.0 Å². The topological polar surface area (TPSA) is 84.7 Å². The Balaban J connectivity index is 1.31. The monoisotopic (exact) mass is 471 g/mol. The number of aromatic nitrogens is 1. The maximum absolute atomic E-state index is 13.9. The molecule has 35 heavy (non-hydrogen) atoms. The van der Waals surface area contributed by atoms with Crippen LogP contribution in [-0.4, -0.2) is 27.7 Å². The molecule has 3 heterocycles. The molecule has 0 aliphatic carbocycles. The van der Waals surface area contributed by atoms with E-state index in [1.165, 1.54) is 29.5 Å². The fourth-order valence-corrected chi connectivity index (χ4v) is 4.08. The Morgan fingerprint density at radius 3 is 2.66 bits per heavy atom. The number of carbonyl (C=O) groups excluding carboxylic acids is 2. The van der Waals surface area contributed by atoms with E-state index in [9.17, 15) is 14.0 Å². The minimum absolute atomic E-state index is 0.0640. The van der Waals surface area contributed by atoms with Crippen LogP contribution in [-0.2, 0) is 24.3 Å². The summed E-state index contributed by atoms with van der Waals surface area (Å²) in [6.07, 6.45) is 3.36. The molecule has 1 aliphatic rings. The van der Waals surface area contributed by atoms with Crippen molar-refractivity contribution in [3.63, 3.8) is 0 Å². The van der Waals surface area contributed by atoms with Gasteiger partial charge in [0.15, 0.2) is 17.3 Å². The molecule has 0 bridgehead atoms. The molecule has 0 saturated heterocycles. The van der Waals surface area contributed by atoms with Crippen molar-refractivity contribution in [1.82, 2.24) is 15.2 Å². The molecule has 5 rings (SSSR count). The van der Waals surface area contributed by atoms with Crippen molar-refractivity contribution >= 4 is 11.8 Å². The summed E-state index contributed by atoms with van der Waals surface area (Å²) in [4.78, 5) is 32.0. The SMILES string of the molecule is O=C(NCc1ccnc(Oc2ccccc2F)c1)C1Cc2ccccc2CN1C(=O)c1ccco1. The quantitative estimate of drug-likeness (QED) is 0.448. The molecule has 0 fully saturated rings. The van der Waals surface area contributed by atoms with Crippen molar-refractivity contribution in [1.29, 1.82) is 0 Å². The van der Waals surface area contributed by atoms with Crippen molar-refractivity contribution in [3.8, 4) is 11.6 Å². The van der Waals surface area contributed by atoms with Gasteiger partial charge in [0.25, 0.3) is 5.91 Å². The molecule has 2 aromatic heterocycles. The molecule has 2 aromatic carbocycles. The van der Waals surface area contributed by atoms with Gasteiger partial charge < -0.3 is 19.4 Å². The van der Waals surface area contributed by atoms with E-state index >= 15 is 0 Å². The molecule has 2 amide bonds. The zero-order valence-corrected chi connectivity index (χ0v) is 18.7. The normalized spacial score (nSPS) is 14.8. The Hall–Kier alpha value is -4.46. The molecule has 7 nitrogen and oxygen atoms in total. The van der Waals surface area contributed by atoms with E-state index in [4.69, 9.17) is 9.15 Å². The highest BCUT2D eigenvalue weighted by Gasteiger charge is 2.35. The number of nitrogens with zero attached hydrogens (tertiary/aromatic N) is 2. The molecule has 0 saturated carbocycles. The first-order valence-electron chi connectivity index (χ1n) is 11.1. The highest BCUT2D eigenvalue weighted by atomic mass is 19.1. The molecule has 1 N–H and O–H groups in total. The summed E-state index contributed by atoms with van der Waals surface area (Å²) >= 11 is 0. The predicted octanol–water partition coefficient (Wildman–Crippen LogP) is 4.49. The summed E-state index contributed by atoms with van der Waals surface area (Å²) < 4.78 is 24.7. The van der Waals surface area contributed by atoms with Crippen LogP contribution in [0.3, 0.4) is 0 Å². The van der Waals surface area contributed by atoms with Crippen molar-refractivity contribution in [2.45, 2.75) is 25.6 Å². The molecule has 4 aromatic rings. The fourth-order valence-electron chi connectivity index (χ4n) is 4.08. The number of pyridine rings is 1. The summed E-state index contributed by atoms with van der Waals surface area (Å²) in [5.74, 6) is -0.655. The van der Waals surface area contributed by atoms with Gasteiger partial charge in [-0.3, -0.25) is 9.59 Å². The van der Waals surface area contributed by atoms with Gasteiger partial charge in [0.05, 0.1) is 6.26 Å². The summed E-state index contributed by atoms with van der Waals surface area (Å²) in [7, 11) is 0. The number of fused-ring (bicyclic) bond motifs is 1. The number of furan rings is 1. The van der Waals surface area contributed by atoms with Gasteiger partial charge >= 0.3 is 0 Å². The van der Waals surface area contributed by atoms with E-state index in [-0.39, 0.29) is 35.7 Å². The fraction of sp³-hybridized carbons (Fsp3) is 0.148. The van der Waals surface area contributed by atoms with Crippen LogP contribution in [0.2, 0.25) is 0 Å². The summed E-state index contributed by atoms with van der Waals surface area (Å²) in [6, 6.07) is 19.7. The highest BCUT2D eigenvalue weighted by Crippen LogP contribution is 2.26. The van der Waals surface area contributed by atoms with Crippen LogP contribution in [0.4, 0.5) is 4.39 Å². The summed E-state index contributed by atoms with van der Waals surface area (Å²) in [5.41, 5.74) is 2.75. The molecule has 8 heteroatoms. The van der Waals surface area contributed by atoms with E-state index < -0.39 is 11.9 Å². The smallest absolute Gasteiger partial charge is 0.290 e. The van der Waals surface area contributed by atoms with Gasteiger partial charge in [-0.25, -0.2) is 9.37 Å². The molecule has 176 valence electrons. The Labute approximate surface area is 201 Å². The van der Waals surface area contributed by atoms with Crippen LogP contribution in [0.5, 0.6) is 11.6 Å². The number of para-hydroxylation sites is 1. The third-order valence-corrected chi connectivity index (χ3v) is 5.86. The zero-order valence-electron chi connectivity index (χ0n) is 18.7. The first kappa shape index (κ1) is 22.3. The number of amides is 2. The number of carbonyl (C=O) groups is 2. The zero-order chi connectivity index (χ0) is 24.2. The molecular formula is C27H22FN3O4. The summed E-state index contributed by atoms with van der Waals surface area (Å²) in [5, 5.41) is 2.91.